The van der Waals surface area contributed by atoms with E-state index in [0.717, 1.165) is 6.42 Å². The summed E-state index contributed by atoms with van der Waals surface area (Å²) in [6, 6.07) is 8.44. The summed E-state index contributed by atoms with van der Waals surface area (Å²) in [5, 5.41) is 20.1. The predicted octanol–water partition coefficient (Wildman–Crippen LogP) is -1.84. The smallest absolute Gasteiger partial charge is 1.00 e. The molecule has 0 radical (unpaired) electrons. The molecule has 28 heavy (non-hydrogen) atoms. The van der Waals surface area contributed by atoms with Crippen LogP contribution in [0.15, 0.2) is 77.9 Å². The summed E-state index contributed by atoms with van der Waals surface area (Å²) in [5.74, 6) is 0.371. The maximum atomic E-state index is 10.6. The second-order valence-corrected chi connectivity index (χ2v) is 7.12. The van der Waals surface area contributed by atoms with Crippen molar-refractivity contribution >= 4 is 6.08 Å². The zero-order chi connectivity index (χ0) is 17.3. The van der Waals surface area contributed by atoms with Gasteiger partial charge in [0.2, 0.25) is 0 Å². The number of hydrogen-bond acceptors (Lipinski definition) is 2. The van der Waals surface area contributed by atoms with Gasteiger partial charge in [-0.25, -0.2) is 0 Å². The van der Waals surface area contributed by atoms with Crippen LogP contribution in [0.4, 0.5) is 0 Å². The van der Waals surface area contributed by atoms with Gasteiger partial charge in [-0.15, -0.1) is 0 Å². The van der Waals surface area contributed by atoms with Crippen LogP contribution in [0.25, 0.3) is 6.08 Å². The molecule has 0 saturated carbocycles. The van der Waals surface area contributed by atoms with Gasteiger partial charge >= 0.3 is 26.2 Å². The summed E-state index contributed by atoms with van der Waals surface area (Å²) in [5.41, 5.74) is 4.68. The number of hydrogen-bond donors (Lipinski definition) is 2. The van der Waals surface area contributed by atoms with Crippen LogP contribution in [-0.4, -0.2) is 23.4 Å². The number of aliphatic hydroxyl groups excluding tert-OH is 2. The molecule has 0 spiro atoms. The van der Waals surface area contributed by atoms with E-state index in [1.807, 2.05) is 0 Å². The van der Waals surface area contributed by atoms with Gasteiger partial charge in [-0.1, -0.05) is 72.9 Å². The molecule has 1 aromatic carbocycles. The zero-order valence-corrected chi connectivity index (χ0v) is 19.5. The van der Waals surface area contributed by atoms with E-state index < -0.39 is 0 Å². The van der Waals surface area contributed by atoms with Crippen molar-refractivity contribution in [3.05, 3.63) is 89.1 Å². The van der Waals surface area contributed by atoms with Crippen LogP contribution in [0.3, 0.4) is 0 Å². The molecule has 2 nitrogen and oxygen atoms in total. The van der Waals surface area contributed by atoms with Crippen molar-refractivity contribution in [3.63, 3.8) is 0 Å². The SMILES string of the molecule is OCCCC(CO)(C1=CC=C2C=CC=CC21)C1C=Cc2ccccc21.[Cl-].[Cl-].[Zr+2]. The van der Waals surface area contributed by atoms with Gasteiger partial charge in [0.1, 0.15) is 0 Å². The van der Waals surface area contributed by atoms with E-state index in [2.05, 4.69) is 72.9 Å². The summed E-state index contributed by atoms with van der Waals surface area (Å²) in [6.45, 7) is 0.227. The topological polar surface area (TPSA) is 40.5 Å². The van der Waals surface area contributed by atoms with Crippen molar-refractivity contribution in [2.24, 2.45) is 11.3 Å². The van der Waals surface area contributed by atoms with E-state index in [1.54, 1.807) is 0 Å². The van der Waals surface area contributed by atoms with Gasteiger partial charge in [-0.2, -0.15) is 0 Å². The van der Waals surface area contributed by atoms with Gasteiger partial charge < -0.3 is 35.0 Å². The average Bonchev–Trinajstić information content (AvgIpc) is 3.28. The molecule has 0 saturated heterocycles. The zero-order valence-electron chi connectivity index (χ0n) is 15.6. The number of benzene rings is 1. The molecule has 3 aliphatic rings. The maximum absolute atomic E-state index is 10.6. The standard InChI is InChI=1S/C23H24O2.2ClH.Zr/c24-15-5-14-23(16-25,21-12-10-17-6-1-3-8-19(17)21)22-13-11-18-7-2-4-9-20(18)22;;;/h1-4,6-13,19,22,24-25H,5,14-16H2;2*1H;/q;;;+2/p-2. The van der Waals surface area contributed by atoms with Crippen molar-refractivity contribution in [1.82, 2.24) is 0 Å². The van der Waals surface area contributed by atoms with Gasteiger partial charge in [0.05, 0.1) is 6.61 Å². The summed E-state index contributed by atoms with van der Waals surface area (Å²) in [4.78, 5) is 0. The second-order valence-electron chi connectivity index (χ2n) is 7.12. The van der Waals surface area contributed by atoms with Crippen LogP contribution in [0.1, 0.15) is 29.9 Å². The van der Waals surface area contributed by atoms with Crippen LogP contribution in [-0.2, 0) is 26.2 Å². The predicted molar refractivity (Wildman–Crippen MR) is 102 cm³/mol. The van der Waals surface area contributed by atoms with Crippen LogP contribution in [0.5, 0.6) is 0 Å². The van der Waals surface area contributed by atoms with Crippen molar-refractivity contribution < 1.29 is 61.2 Å². The second kappa shape index (κ2) is 10.9. The van der Waals surface area contributed by atoms with E-state index in [4.69, 9.17) is 0 Å². The first-order valence-corrected chi connectivity index (χ1v) is 9.06. The fraction of sp³-hybridized carbons (Fsp3) is 0.304. The van der Waals surface area contributed by atoms with Crippen LogP contribution in [0.2, 0.25) is 0 Å². The molecule has 0 heterocycles. The van der Waals surface area contributed by atoms with Crippen molar-refractivity contribution in [1.29, 1.82) is 0 Å². The molecule has 0 bridgehead atoms. The molecule has 3 aliphatic carbocycles. The van der Waals surface area contributed by atoms with Crippen molar-refractivity contribution in [3.8, 4) is 0 Å². The Hall–Kier alpha value is -0.697. The summed E-state index contributed by atoms with van der Waals surface area (Å²) in [6.07, 6.45) is 18.8. The first kappa shape index (κ1) is 25.3. The molecule has 3 atom stereocenters. The first-order valence-electron chi connectivity index (χ1n) is 9.06. The molecule has 4 rings (SSSR count). The molecular weight excluding hydrogens is 470 g/mol. The fourth-order valence-electron chi connectivity index (χ4n) is 4.64. The molecule has 5 heteroatoms. The Morgan fingerprint density at radius 3 is 2.46 bits per heavy atom. The third-order valence-corrected chi connectivity index (χ3v) is 5.89. The average molecular weight is 495 g/mol. The largest absolute Gasteiger partial charge is 2.00 e. The minimum atomic E-state index is -0.385. The Labute approximate surface area is 198 Å². The fourth-order valence-corrected chi connectivity index (χ4v) is 4.64. The maximum Gasteiger partial charge on any atom is 2.00 e. The van der Waals surface area contributed by atoms with Gasteiger partial charge in [-0.3, -0.25) is 0 Å². The number of allylic oxidation sites excluding steroid dienone is 8. The Kier molecular flexibility index (Phi) is 9.87. The molecular formula is C23H24Cl2O2Zr. The number of fused-ring (bicyclic) bond motifs is 2. The Morgan fingerprint density at radius 2 is 1.71 bits per heavy atom. The molecule has 0 amide bonds. The quantitative estimate of drug-likeness (QED) is 0.488. The minimum Gasteiger partial charge on any atom is -1.00 e. The van der Waals surface area contributed by atoms with E-state index in [-0.39, 0.29) is 81.5 Å². The van der Waals surface area contributed by atoms with Crippen LogP contribution in [0, 0.1) is 11.3 Å². The van der Waals surface area contributed by atoms with E-state index >= 15 is 0 Å². The van der Waals surface area contributed by atoms with Gasteiger partial charge in [-0.05, 0) is 35.1 Å². The molecule has 0 fully saturated rings. The third-order valence-electron chi connectivity index (χ3n) is 5.89. The van der Waals surface area contributed by atoms with Crippen molar-refractivity contribution in [2.75, 3.05) is 13.2 Å². The molecule has 0 aromatic heterocycles. The minimum absolute atomic E-state index is 0. The monoisotopic (exact) mass is 492 g/mol. The molecule has 0 aliphatic heterocycles. The Balaban J connectivity index is 0.00000131. The van der Waals surface area contributed by atoms with Gasteiger partial charge in [0, 0.05) is 23.9 Å². The van der Waals surface area contributed by atoms with Crippen molar-refractivity contribution in [2.45, 2.75) is 18.8 Å². The van der Waals surface area contributed by atoms with E-state index in [1.165, 1.54) is 22.3 Å². The number of aliphatic hydroxyl groups is 2. The molecule has 3 unspecified atom stereocenters. The van der Waals surface area contributed by atoms with Crippen LogP contribution < -0.4 is 24.8 Å². The first-order chi connectivity index (χ1) is 12.3. The van der Waals surface area contributed by atoms with Gasteiger partial charge in [0.25, 0.3) is 0 Å². The summed E-state index contributed by atoms with van der Waals surface area (Å²) in [7, 11) is 0. The normalized spacial score (nSPS) is 22.6. The Bertz CT molecular complexity index is 826. The van der Waals surface area contributed by atoms with Crippen LogP contribution >= 0.6 is 0 Å². The van der Waals surface area contributed by atoms with E-state index in [9.17, 15) is 10.2 Å². The summed E-state index contributed by atoms with van der Waals surface area (Å²) >= 11 is 0. The Morgan fingerprint density at radius 1 is 0.929 bits per heavy atom. The van der Waals surface area contributed by atoms with Gasteiger partial charge in [0.15, 0.2) is 0 Å². The summed E-state index contributed by atoms with van der Waals surface area (Å²) < 4.78 is 0. The number of halogens is 2. The third kappa shape index (κ3) is 4.25. The molecule has 2 N–H and O–H groups in total. The number of rotatable bonds is 6. The molecule has 146 valence electrons. The van der Waals surface area contributed by atoms with E-state index in [0.29, 0.717) is 6.42 Å². The molecule has 1 aromatic rings.